The molecule has 0 heterocycles. The van der Waals surface area contributed by atoms with Gasteiger partial charge in [0, 0.05) is 0 Å². The van der Waals surface area contributed by atoms with E-state index < -0.39 is 29.6 Å². The van der Waals surface area contributed by atoms with Crippen LogP contribution in [0.15, 0.2) is 24.3 Å². The van der Waals surface area contributed by atoms with E-state index in [-0.39, 0.29) is 18.9 Å². The van der Waals surface area contributed by atoms with Gasteiger partial charge in [0.15, 0.2) is 0 Å². The minimum atomic E-state index is -1.11. The van der Waals surface area contributed by atoms with Crippen molar-refractivity contribution in [2.75, 3.05) is 6.54 Å². The Hall–Kier alpha value is -2.44. The molecule has 3 N–H and O–H groups in total. The van der Waals surface area contributed by atoms with Crippen molar-refractivity contribution in [3.63, 3.8) is 0 Å². The maximum atomic E-state index is 13.0. The van der Waals surface area contributed by atoms with E-state index in [4.69, 9.17) is 5.11 Å². The molecule has 6 nitrogen and oxygen atoms in total. The second-order valence-corrected chi connectivity index (χ2v) is 5.67. The molecule has 1 aromatic carbocycles. The van der Waals surface area contributed by atoms with Crippen molar-refractivity contribution in [3.05, 3.63) is 35.6 Å². The van der Waals surface area contributed by atoms with Gasteiger partial charge < -0.3 is 15.7 Å². The zero-order chi connectivity index (χ0) is 17.4. The van der Waals surface area contributed by atoms with Gasteiger partial charge in [-0.25, -0.2) is 9.18 Å². The van der Waals surface area contributed by atoms with Crippen molar-refractivity contribution >= 4 is 17.8 Å². The zero-order valence-corrected chi connectivity index (χ0v) is 13.1. The molecule has 1 atom stereocenters. The fourth-order valence-corrected chi connectivity index (χ4v) is 2.01. The van der Waals surface area contributed by atoms with E-state index in [2.05, 4.69) is 10.6 Å². The predicted molar refractivity (Wildman–Crippen MR) is 82.1 cm³/mol. The van der Waals surface area contributed by atoms with Crippen LogP contribution in [0.5, 0.6) is 0 Å². The van der Waals surface area contributed by atoms with E-state index in [9.17, 15) is 18.8 Å². The maximum absolute atomic E-state index is 13.0. The van der Waals surface area contributed by atoms with Crippen LogP contribution in [-0.4, -0.2) is 35.5 Å². The number of rotatable bonds is 8. The van der Waals surface area contributed by atoms with Crippen molar-refractivity contribution in [3.8, 4) is 0 Å². The molecular formula is C16H21FN2O4. The molecular weight excluding hydrogens is 303 g/mol. The molecule has 0 saturated heterocycles. The van der Waals surface area contributed by atoms with E-state index in [0.717, 1.165) is 0 Å². The van der Waals surface area contributed by atoms with Gasteiger partial charge >= 0.3 is 5.97 Å². The highest BCUT2D eigenvalue weighted by Gasteiger charge is 2.21. The predicted octanol–water partition coefficient (Wildman–Crippen LogP) is 1.10. The number of amides is 2. The van der Waals surface area contributed by atoms with Gasteiger partial charge in [-0.1, -0.05) is 26.0 Å². The lowest BCUT2D eigenvalue weighted by Crippen LogP contribution is -2.46. The number of carboxylic acid groups (broad SMARTS) is 1. The fraction of sp³-hybridized carbons (Fsp3) is 0.438. The summed E-state index contributed by atoms with van der Waals surface area (Å²) in [6, 6.07) is 4.63. The van der Waals surface area contributed by atoms with Crippen LogP contribution in [0.1, 0.15) is 25.8 Å². The second-order valence-electron chi connectivity index (χ2n) is 5.67. The smallest absolute Gasteiger partial charge is 0.326 e. The summed E-state index contributed by atoms with van der Waals surface area (Å²) in [7, 11) is 0. The molecule has 0 aliphatic rings. The van der Waals surface area contributed by atoms with Gasteiger partial charge in [0.05, 0.1) is 13.0 Å². The molecule has 0 saturated carbocycles. The Morgan fingerprint density at radius 1 is 1.22 bits per heavy atom. The number of hydrogen-bond acceptors (Lipinski definition) is 3. The average Bonchev–Trinajstić information content (AvgIpc) is 2.44. The molecule has 7 heteroatoms. The third-order valence-corrected chi connectivity index (χ3v) is 3.04. The minimum Gasteiger partial charge on any atom is -0.480 e. The Morgan fingerprint density at radius 3 is 2.48 bits per heavy atom. The van der Waals surface area contributed by atoms with Crippen LogP contribution in [0, 0.1) is 11.7 Å². The van der Waals surface area contributed by atoms with Gasteiger partial charge in [0.2, 0.25) is 11.8 Å². The first-order valence-electron chi connectivity index (χ1n) is 7.31. The molecule has 126 valence electrons. The number of carbonyl (C=O) groups is 3. The summed E-state index contributed by atoms with van der Waals surface area (Å²) in [4.78, 5) is 34.4. The van der Waals surface area contributed by atoms with Gasteiger partial charge in [-0.3, -0.25) is 9.59 Å². The van der Waals surface area contributed by atoms with E-state index in [0.29, 0.717) is 12.0 Å². The van der Waals surface area contributed by atoms with Crippen molar-refractivity contribution in [1.29, 1.82) is 0 Å². The number of carboxylic acids is 1. The highest BCUT2D eigenvalue weighted by Crippen LogP contribution is 2.05. The summed E-state index contributed by atoms with van der Waals surface area (Å²) >= 11 is 0. The Morgan fingerprint density at radius 2 is 1.91 bits per heavy atom. The monoisotopic (exact) mass is 324 g/mol. The Balaban J connectivity index is 2.42. The van der Waals surface area contributed by atoms with Crippen LogP contribution in [0.4, 0.5) is 4.39 Å². The third-order valence-electron chi connectivity index (χ3n) is 3.04. The number of halogens is 1. The van der Waals surface area contributed by atoms with Crippen LogP contribution in [-0.2, 0) is 20.8 Å². The number of aliphatic carboxylic acids is 1. The van der Waals surface area contributed by atoms with Crippen molar-refractivity contribution < 1.29 is 23.9 Å². The van der Waals surface area contributed by atoms with Crippen LogP contribution in [0.25, 0.3) is 0 Å². The maximum Gasteiger partial charge on any atom is 0.326 e. The molecule has 0 bridgehead atoms. The minimum absolute atomic E-state index is 0.0562. The van der Waals surface area contributed by atoms with Gasteiger partial charge in [-0.2, -0.15) is 0 Å². The van der Waals surface area contributed by atoms with Crippen LogP contribution >= 0.6 is 0 Å². The van der Waals surface area contributed by atoms with Crippen LogP contribution in [0.2, 0.25) is 0 Å². The Kier molecular flexibility index (Phi) is 7.18. The molecule has 0 aliphatic heterocycles. The summed E-state index contributed by atoms with van der Waals surface area (Å²) in [5.41, 5.74) is 0.492. The largest absolute Gasteiger partial charge is 0.480 e. The van der Waals surface area contributed by atoms with E-state index >= 15 is 0 Å². The normalized spacial score (nSPS) is 11.8. The first-order chi connectivity index (χ1) is 10.8. The van der Waals surface area contributed by atoms with Crippen molar-refractivity contribution in [2.24, 2.45) is 5.92 Å². The lowest BCUT2D eigenvalue weighted by atomic mass is 10.0. The molecule has 23 heavy (non-hydrogen) atoms. The lowest BCUT2D eigenvalue weighted by Gasteiger charge is -2.16. The SMILES string of the molecule is CC(C)CC(NC(=O)CNC(=O)Cc1cccc(F)c1)C(=O)O. The standard InChI is InChI=1S/C16H21FN2O4/c1-10(2)6-13(16(22)23)19-15(21)9-18-14(20)8-11-4-3-5-12(17)7-11/h3-5,7,10,13H,6,8-9H2,1-2H3,(H,18,20)(H,19,21)(H,22,23). The Bertz CT molecular complexity index is 575. The number of nitrogens with one attached hydrogen (secondary N) is 2. The summed E-state index contributed by atoms with van der Waals surface area (Å²) in [6.07, 6.45) is 0.248. The average molecular weight is 324 g/mol. The van der Waals surface area contributed by atoms with E-state index in [1.807, 2.05) is 13.8 Å². The second kappa shape index (κ2) is 8.87. The highest BCUT2D eigenvalue weighted by molar-refractivity contribution is 5.88. The third kappa shape index (κ3) is 7.39. The highest BCUT2D eigenvalue weighted by atomic mass is 19.1. The van der Waals surface area contributed by atoms with Crippen LogP contribution < -0.4 is 10.6 Å². The first-order valence-corrected chi connectivity index (χ1v) is 7.31. The van der Waals surface area contributed by atoms with Gasteiger partial charge in [0.1, 0.15) is 11.9 Å². The number of hydrogen-bond donors (Lipinski definition) is 3. The first kappa shape index (κ1) is 18.6. The van der Waals surface area contributed by atoms with E-state index in [1.165, 1.54) is 18.2 Å². The van der Waals surface area contributed by atoms with E-state index in [1.54, 1.807) is 6.07 Å². The molecule has 0 aliphatic carbocycles. The Labute approximate surface area is 134 Å². The van der Waals surface area contributed by atoms with Crippen molar-refractivity contribution in [1.82, 2.24) is 10.6 Å². The lowest BCUT2D eigenvalue weighted by molar-refractivity contribution is -0.142. The fourth-order valence-electron chi connectivity index (χ4n) is 2.01. The molecule has 1 unspecified atom stereocenters. The molecule has 0 fully saturated rings. The molecule has 1 rings (SSSR count). The molecule has 2 amide bonds. The molecule has 0 aromatic heterocycles. The van der Waals surface area contributed by atoms with Gasteiger partial charge in [0.25, 0.3) is 0 Å². The van der Waals surface area contributed by atoms with Gasteiger partial charge in [-0.15, -0.1) is 0 Å². The summed E-state index contributed by atoms with van der Waals surface area (Å²) in [6.45, 7) is 3.38. The summed E-state index contributed by atoms with van der Waals surface area (Å²) in [5, 5.41) is 13.8. The topological polar surface area (TPSA) is 95.5 Å². The molecule has 1 aromatic rings. The summed E-state index contributed by atoms with van der Waals surface area (Å²) < 4.78 is 13.0. The number of carbonyl (C=O) groups excluding carboxylic acids is 2. The van der Waals surface area contributed by atoms with Crippen molar-refractivity contribution in [2.45, 2.75) is 32.7 Å². The van der Waals surface area contributed by atoms with Crippen LogP contribution in [0.3, 0.4) is 0 Å². The molecule has 0 spiro atoms. The summed E-state index contributed by atoms with van der Waals surface area (Å²) in [5.74, 6) is -2.46. The van der Waals surface area contributed by atoms with Gasteiger partial charge in [-0.05, 0) is 30.0 Å². The number of benzene rings is 1. The quantitative estimate of drug-likeness (QED) is 0.667. The molecule has 0 radical (unpaired) electrons. The zero-order valence-electron chi connectivity index (χ0n) is 13.1.